The zero-order chi connectivity index (χ0) is 33.8. The van der Waals surface area contributed by atoms with Crippen molar-refractivity contribution in [2.45, 2.75) is 84.5 Å². The summed E-state index contributed by atoms with van der Waals surface area (Å²) in [6, 6.07) is 7.36. The van der Waals surface area contributed by atoms with Crippen molar-refractivity contribution in [3.05, 3.63) is 59.9 Å². The molecule has 12 heteroatoms. The molecule has 5 amide bonds. The van der Waals surface area contributed by atoms with Crippen molar-refractivity contribution in [3.8, 4) is 5.75 Å². The summed E-state index contributed by atoms with van der Waals surface area (Å²) in [5.41, 5.74) is 1.70. The van der Waals surface area contributed by atoms with Gasteiger partial charge in [0, 0.05) is 37.8 Å². The van der Waals surface area contributed by atoms with E-state index in [1.54, 1.807) is 50.7 Å². The average Bonchev–Trinajstić information content (AvgIpc) is 3.02. The first-order valence-corrected chi connectivity index (χ1v) is 15.9. The Balaban J connectivity index is 1.92. The SMILES string of the molecule is COc1ccc(C[C@@H]2NC(=O)[C@H](CC(C)C)NC(=O)CN(C(=O)CCc3ccncc3)C[C@H](C(C)C)NC(=O)[C@@H](C)NC2=O)cc1. The lowest BCUT2D eigenvalue weighted by Gasteiger charge is -2.31. The van der Waals surface area contributed by atoms with E-state index >= 15 is 0 Å². The topological polar surface area (TPSA) is 159 Å². The molecule has 0 spiro atoms. The molecule has 3 rings (SSSR count). The Morgan fingerprint density at radius 2 is 1.52 bits per heavy atom. The summed E-state index contributed by atoms with van der Waals surface area (Å²) in [7, 11) is 1.56. The van der Waals surface area contributed by atoms with Crippen molar-refractivity contribution in [3.63, 3.8) is 0 Å². The second-order valence-electron chi connectivity index (χ2n) is 12.6. The molecule has 0 aliphatic carbocycles. The van der Waals surface area contributed by atoms with Gasteiger partial charge in [-0.1, -0.05) is 39.8 Å². The number of rotatable bonds is 9. The number of nitrogens with one attached hydrogen (secondary N) is 4. The first-order valence-electron chi connectivity index (χ1n) is 15.9. The summed E-state index contributed by atoms with van der Waals surface area (Å²) in [5.74, 6) is -1.69. The highest BCUT2D eigenvalue weighted by Gasteiger charge is 2.32. The monoisotopic (exact) mass is 636 g/mol. The fraction of sp³-hybridized carbons (Fsp3) is 0.529. The van der Waals surface area contributed by atoms with Crippen LogP contribution in [-0.2, 0) is 36.8 Å². The number of carbonyl (C=O) groups is 5. The molecule has 0 bridgehead atoms. The first-order chi connectivity index (χ1) is 21.9. The molecular weight excluding hydrogens is 588 g/mol. The number of methoxy groups -OCH3 is 1. The molecule has 1 aliphatic heterocycles. The van der Waals surface area contributed by atoms with Crippen LogP contribution < -0.4 is 26.0 Å². The van der Waals surface area contributed by atoms with E-state index < -0.39 is 47.8 Å². The number of aromatic nitrogens is 1. The Morgan fingerprint density at radius 3 is 2.13 bits per heavy atom. The van der Waals surface area contributed by atoms with Gasteiger partial charge in [-0.3, -0.25) is 29.0 Å². The molecule has 1 aromatic heterocycles. The van der Waals surface area contributed by atoms with Gasteiger partial charge in [0.2, 0.25) is 29.5 Å². The molecule has 4 N–H and O–H groups in total. The van der Waals surface area contributed by atoms with Gasteiger partial charge in [0.05, 0.1) is 13.7 Å². The van der Waals surface area contributed by atoms with Crippen LogP contribution in [-0.4, -0.2) is 83.8 Å². The van der Waals surface area contributed by atoms with Crippen LogP contribution in [0, 0.1) is 11.8 Å². The Morgan fingerprint density at radius 1 is 0.870 bits per heavy atom. The molecule has 1 saturated heterocycles. The fourth-order valence-electron chi connectivity index (χ4n) is 5.16. The Hall–Kier alpha value is -4.48. The number of carbonyl (C=O) groups excluding carboxylic acids is 5. The van der Waals surface area contributed by atoms with Gasteiger partial charge in [0.1, 0.15) is 23.9 Å². The molecule has 1 fully saturated rings. The zero-order valence-electron chi connectivity index (χ0n) is 27.7. The summed E-state index contributed by atoms with van der Waals surface area (Å²) in [6.45, 7) is 9.03. The predicted octanol–water partition coefficient (Wildman–Crippen LogP) is 1.77. The molecule has 250 valence electrons. The van der Waals surface area contributed by atoms with Crippen molar-refractivity contribution in [2.24, 2.45) is 11.8 Å². The molecule has 12 nitrogen and oxygen atoms in total. The molecular formula is C34H48N6O6. The van der Waals surface area contributed by atoms with Gasteiger partial charge in [-0.05, 0) is 67.0 Å². The predicted molar refractivity (Wildman–Crippen MR) is 174 cm³/mol. The molecule has 0 saturated carbocycles. The van der Waals surface area contributed by atoms with E-state index in [0.717, 1.165) is 11.1 Å². The summed E-state index contributed by atoms with van der Waals surface area (Å²) in [4.78, 5) is 73.0. The van der Waals surface area contributed by atoms with E-state index in [9.17, 15) is 24.0 Å². The van der Waals surface area contributed by atoms with Crippen molar-refractivity contribution in [2.75, 3.05) is 20.2 Å². The molecule has 0 unspecified atom stereocenters. The van der Waals surface area contributed by atoms with Crippen molar-refractivity contribution in [1.82, 2.24) is 31.2 Å². The van der Waals surface area contributed by atoms with Crippen LogP contribution in [0.1, 0.15) is 58.6 Å². The highest BCUT2D eigenvalue weighted by atomic mass is 16.5. The van der Waals surface area contributed by atoms with Crippen LogP contribution >= 0.6 is 0 Å². The lowest BCUT2D eigenvalue weighted by atomic mass is 10.0. The van der Waals surface area contributed by atoms with E-state index in [1.807, 2.05) is 39.8 Å². The number of aryl methyl sites for hydroxylation is 1. The maximum atomic E-state index is 13.7. The molecule has 2 heterocycles. The maximum Gasteiger partial charge on any atom is 0.243 e. The maximum absolute atomic E-state index is 13.7. The van der Waals surface area contributed by atoms with Gasteiger partial charge in [-0.25, -0.2) is 0 Å². The van der Waals surface area contributed by atoms with E-state index in [2.05, 4.69) is 26.3 Å². The average molecular weight is 637 g/mol. The standard InChI is InChI=1S/C34H48N6O6/c1-21(2)17-27-34(45)38-28(18-25-7-10-26(46-6)11-8-25)33(44)36-23(5)32(43)39-29(22(3)4)19-40(20-30(41)37-27)31(42)12-9-24-13-15-35-16-14-24/h7-8,10-11,13-16,21-23,27-29H,9,12,17-20H2,1-6H3,(H,36,44)(H,37,41)(H,38,45)(H,39,43)/t23-,27+,28+,29-/m1/s1. The normalized spacial score (nSPS) is 21.9. The van der Waals surface area contributed by atoms with E-state index in [1.165, 1.54) is 4.90 Å². The van der Waals surface area contributed by atoms with Crippen LogP contribution in [0.15, 0.2) is 48.8 Å². The Bertz CT molecular complexity index is 1330. The quantitative estimate of drug-likeness (QED) is 0.327. The number of hydrogen-bond acceptors (Lipinski definition) is 7. The largest absolute Gasteiger partial charge is 0.497 e. The van der Waals surface area contributed by atoms with Gasteiger partial charge in [-0.2, -0.15) is 0 Å². The lowest BCUT2D eigenvalue weighted by Crippen LogP contribution is -2.57. The summed E-state index contributed by atoms with van der Waals surface area (Å²) < 4.78 is 5.23. The molecule has 1 aliphatic rings. The van der Waals surface area contributed by atoms with Gasteiger partial charge in [0.15, 0.2) is 0 Å². The molecule has 2 aromatic rings. The van der Waals surface area contributed by atoms with Crippen LogP contribution in [0.25, 0.3) is 0 Å². The van der Waals surface area contributed by atoms with E-state index in [4.69, 9.17) is 4.74 Å². The van der Waals surface area contributed by atoms with Gasteiger partial charge < -0.3 is 30.9 Å². The molecule has 1 aromatic carbocycles. The smallest absolute Gasteiger partial charge is 0.243 e. The summed E-state index contributed by atoms with van der Waals surface area (Å²) >= 11 is 0. The lowest BCUT2D eigenvalue weighted by molar-refractivity contribution is -0.138. The Labute approximate surface area is 271 Å². The van der Waals surface area contributed by atoms with Crippen molar-refractivity contribution >= 4 is 29.5 Å². The second-order valence-corrected chi connectivity index (χ2v) is 12.6. The number of nitrogens with zero attached hydrogens (tertiary/aromatic N) is 2. The number of hydrogen-bond donors (Lipinski definition) is 4. The number of ether oxygens (including phenoxy) is 1. The fourth-order valence-corrected chi connectivity index (χ4v) is 5.16. The third-order valence-electron chi connectivity index (χ3n) is 7.96. The van der Waals surface area contributed by atoms with Gasteiger partial charge in [-0.15, -0.1) is 0 Å². The van der Waals surface area contributed by atoms with Gasteiger partial charge in [0.25, 0.3) is 0 Å². The number of pyridine rings is 1. The molecule has 0 radical (unpaired) electrons. The first kappa shape index (κ1) is 36.0. The van der Waals surface area contributed by atoms with E-state index in [0.29, 0.717) is 18.6 Å². The second kappa shape index (κ2) is 17.3. The third-order valence-corrected chi connectivity index (χ3v) is 7.96. The zero-order valence-corrected chi connectivity index (χ0v) is 27.7. The van der Waals surface area contributed by atoms with Gasteiger partial charge >= 0.3 is 0 Å². The number of amides is 5. The number of benzene rings is 1. The minimum Gasteiger partial charge on any atom is -0.497 e. The third kappa shape index (κ3) is 11.1. The van der Waals surface area contributed by atoms with Crippen molar-refractivity contribution < 1.29 is 28.7 Å². The summed E-state index contributed by atoms with van der Waals surface area (Å²) in [5, 5.41) is 11.3. The highest BCUT2D eigenvalue weighted by molar-refractivity contribution is 5.95. The van der Waals surface area contributed by atoms with Crippen LogP contribution in [0.3, 0.4) is 0 Å². The van der Waals surface area contributed by atoms with Crippen LogP contribution in [0.2, 0.25) is 0 Å². The van der Waals surface area contributed by atoms with Crippen LogP contribution in [0.4, 0.5) is 0 Å². The molecule has 4 atom stereocenters. The Kier molecular flexibility index (Phi) is 13.5. The highest BCUT2D eigenvalue weighted by Crippen LogP contribution is 2.15. The summed E-state index contributed by atoms with van der Waals surface area (Å²) in [6.07, 6.45) is 4.37. The van der Waals surface area contributed by atoms with Crippen LogP contribution in [0.5, 0.6) is 5.75 Å². The molecule has 46 heavy (non-hydrogen) atoms. The van der Waals surface area contributed by atoms with Crippen molar-refractivity contribution in [1.29, 1.82) is 0 Å². The minimum atomic E-state index is -1.03. The van der Waals surface area contributed by atoms with E-state index in [-0.39, 0.29) is 43.7 Å². The minimum absolute atomic E-state index is 0.0391.